The van der Waals surface area contributed by atoms with Crippen molar-refractivity contribution in [3.05, 3.63) is 70.8 Å². The lowest BCUT2D eigenvalue weighted by Crippen LogP contribution is -2.18. The van der Waals surface area contributed by atoms with Crippen molar-refractivity contribution in [2.24, 2.45) is 0 Å². The van der Waals surface area contributed by atoms with Gasteiger partial charge in [-0.15, -0.1) is 0 Å². The van der Waals surface area contributed by atoms with Gasteiger partial charge in [-0.3, -0.25) is 4.89 Å². The summed E-state index contributed by atoms with van der Waals surface area (Å²) < 4.78 is 33.6. The summed E-state index contributed by atoms with van der Waals surface area (Å²) in [6, 6.07) is 15.0. The van der Waals surface area contributed by atoms with Crippen LogP contribution >= 0.6 is 15.6 Å². The van der Waals surface area contributed by atoms with E-state index in [2.05, 4.69) is 78.8 Å². The van der Waals surface area contributed by atoms with Crippen LogP contribution in [0.2, 0.25) is 0 Å². The van der Waals surface area contributed by atoms with E-state index < -0.39 is 21.1 Å². The molecular weight excluding hydrogens is 598 g/mol. The van der Waals surface area contributed by atoms with Crippen LogP contribution in [0.1, 0.15) is 105 Å². The summed E-state index contributed by atoms with van der Waals surface area (Å²) in [6.07, 6.45) is 0. The van der Waals surface area contributed by atoms with Gasteiger partial charge in [-0.2, -0.15) is 4.31 Å². The first-order chi connectivity index (χ1) is 19.6. The molecule has 1 unspecified atom stereocenters. The van der Waals surface area contributed by atoms with Crippen LogP contribution in [0.5, 0.6) is 11.5 Å². The molecule has 10 heteroatoms. The van der Waals surface area contributed by atoms with E-state index in [1.807, 2.05) is 45.0 Å². The first-order valence-corrected chi connectivity index (χ1v) is 17.6. The predicted octanol–water partition coefficient (Wildman–Crippen LogP) is 9.50. The Bertz CT molecular complexity index is 1640. The van der Waals surface area contributed by atoms with E-state index in [4.69, 9.17) is 4.52 Å². The number of phosphoric acid groups is 2. The topological polar surface area (TPSA) is 134 Å². The Morgan fingerprint density at radius 1 is 0.568 bits per heavy atom. The number of benzene rings is 3. The number of rotatable bonds is 6. The highest BCUT2D eigenvalue weighted by Gasteiger charge is 2.36. The van der Waals surface area contributed by atoms with Crippen LogP contribution in [0.3, 0.4) is 0 Å². The third-order valence-corrected chi connectivity index (χ3v) is 9.61. The highest BCUT2D eigenvalue weighted by molar-refractivity contribution is 7.60. The van der Waals surface area contributed by atoms with Gasteiger partial charge in [0.1, 0.15) is 11.5 Å². The van der Waals surface area contributed by atoms with E-state index in [1.54, 1.807) is 6.07 Å². The minimum Gasteiger partial charge on any atom is -0.507 e. The third kappa shape index (κ3) is 8.42. The zero-order valence-corrected chi connectivity index (χ0v) is 29.7. The second kappa shape index (κ2) is 11.7. The maximum Gasteiger partial charge on any atom is 0.536 e. The predicted molar refractivity (Wildman–Crippen MR) is 177 cm³/mol. The van der Waals surface area contributed by atoms with Gasteiger partial charge in [-0.25, -0.2) is 9.13 Å². The van der Waals surface area contributed by atoms with Crippen LogP contribution < -0.4 is 4.52 Å². The number of aromatic hydroxyl groups is 1. The fourth-order valence-corrected chi connectivity index (χ4v) is 6.73. The molecule has 0 aliphatic carbocycles. The van der Waals surface area contributed by atoms with Crippen LogP contribution in [0.25, 0.3) is 22.3 Å². The molecule has 3 rings (SSSR count). The monoisotopic (exact) mass is 646 g/mol. The van der Waals surface area contributed by atoms with Crippen molar-refractivity contribution in [3.63, 3.8) is 0 Å². The smallest absolute Gasteiger partial charge is 0.507 e. The summed E-state index contributed by atoms with van der Waals surface area (Å²) in [4.78, 5) is 28.8. The maximum absolute atomic E-state index is 12.8. The fraction of sp³-hybridized carbons (Fsp3) is 0.471. The minimum atomic E-state index is -5.39. The zero-order chi connectivity index (χ0) is 33.8. The SMILES string of the molecule is CC(C)(C)c1ccc(-c2ccc(OP(=O)(O)OP(=O)(O)O)c(-c3ccc(C(C)(C)C)cc3C(C)(C)C)c2O)c(C(C)(C)C)c1. The molecule has 0 aliphatic rings. The Labute approximate surface area is 262 Å². The van der Waals surface area contributed by atoms with Gasteiger partial charge in [-0.1, -0.05) is 119 Å². The third-order valence-electron chi connectivity index (χ3n) is 7.51. The quantitative estimate of drug-likeness (QED) is 0.195. The van der Waals surface area contributed by atoms with Crippen molar-refractivity contribution in [2.45, 2.75) is 105 Å². The van der Waals surface area contributed by atoms with Crippen molar-refractivity contribution in [1.29, 1.82) is 0 Å². The second-order valence-electron chi connectivity index (χ2n) is 15.5. The average molecular weight is 647 g/mol. The van der Waals surface area contributed by atoms with Crippen molar-refractivity contribution in [1.82, 2.24) is 0 Å². The van der Waals surface area contributed by atoms with Crippen LogP contribution in [0.4, 0.5) is 0 Å². The van der Waals surface area contributed by atoms with Gasteiger partial charge in [-0.05, 0) is 67.2 Å². The van der Waals surface area contributed by atoms with Gasteiger partial charge in [0.2, 0.25) is 0 Å². The van der Waals surface area contributed by atoms with E-state index >= 15 is 0 Å². The summed E-state index contributed by atoms with van der Waals surface area (Å²) >= 11 is 0. The lowest BCUT2D eigenvalue weighted by Gasteiger charge is -2.30. The molecule has 44 heavy (non-hydrogen) atoms. The van der Waals surface area contributed by atoms with E-state index in [0.717, 1.165) is 27.8 Å². The average Bonchev–Trinajstić information content (AvgIpc) is 2.79. The molecule has 1 atom stereocenters. The van der Waals surface area contributed by atoms with E-state index in [1.165, 1.54) is 6.07 Å². The first kappa shape index (κ1) is 36.0. The highest BCUT2D eigenvalue weighted by atomic mass is 31.3. The van der Waals surface area contributed by atoms with E-state index in [0.29, 0.717) is 11.1 Å². The Morgan fingerprint density at radius 2 is 0.977 bits per heavy atom. The molecule has 0 saturated carbocycles. The molecule has 0 heterocycles. The van der Waals surface area contributed by atoms with Crippen LogP contribution in [-0.2, 0) is 35.1 Å². The lowest BCUT2D eigenvalue weighted by molar-refractivity contribution is 0.229. The number of phosphoric ester groups is 1. The Hall–Kier alpha value is -2.44. The molecule has 0 saturated heterocycles. The number of hydrogen-bond donors (Lipinski definition) is 4. The van der Waals surface area contributed by atoms with Crippen LogP contribution in [0.15, 0.2) is 48.5 Å². The lowest BCUT2D eigenvalue weighted by atomic mass is 9.75. The molecule has 0 amide bonds. The largest absolute Gasteiger partial charge is 0.536 e. The molecule has 0 radical (unpaired) electrons. The molecule has 0 spiro atoms. The van der Waals surface area contributed by atoms with Gasteiger partial charge in [0.05, 0.1) is 5.56 Å². The van der Waals surface area contributed by atoms with Gasteiger partial charge >= 0.3 is 15.6 Å². The van der Waals surface area contributed by atoms with E-state index in [-0.39, 0.29) is 33.3 Å². The van der Waals surface area contributed by atoms with Crippen molar-refractivity contribution in [3.8, 4) is 33.8 Å². The summed E-state index contributed by atoms with van der Waals surface area (Å²) in [6.45, 7) is 25.1. The summed E-state index contributed by atoms with van der Waals surface area (Å²) in [5, 5.41) is 12.1. The van der Waals surface area contributed by atoms with Crippen molar-refractivity contribution < 1.29 is 37.8 Å². The zero-order valence-electron chi connectivity index (χ0n) is 27.9. The van der Waals surface area contributed by atoms with Crippen LogP contribution in [-0.4, -0.2) is 19.8 Å². The molecule has 8 nitrogen and oxygen atoms in total. The maximum atomic E-state index is 12.8. The van der Waals surface area contributed by atoms with Crippen molar-refractivity contribution >= 4 is 15.6 Å². The van der Waals surface area contributed by atoms with Gasteiger partial charge in [0, 0.05) is 5.56 Å². The molecule has 0 bridgehead atoms. The van der Waals surface area contributed by atoms with E-state index in [9.17, 15) is 28.9 Å². The number of phenols is 1. The summed E-state index contributed by atoms with van der Waals surface area (Å²) in [5.41, 5.74) is 4.88. The highest BCUT2D eigenvalue weighted by Crippen LogP contribution is 2.60. The van der Waals surface area contributed by atoms with Gasteiger partial charge in [0.25, 0.3) is 0 Å². The summed E-state index contributed by atoms with van der Waals surface area (Å²) in [7, 11) is -10.7. The standard InChI is InChI=1S/C34H48O8P2/c1-31(2,3)21-13-15-23(26(19-21)33(7,8)9)24-17-18-28(41-44(39,40)42-43(36,37)38)29(30(24)35)25-16-14-22(32(4,5)6)20-27(25)34(10,11)12/h13-20,35H,1-12H3,(H,39,40)(H2,36,37,38). The Balaban J connectivity index is 2.47. The number of phenolic OH excluding ortho intramolecular Hbond substituents is 1. The normalized spacial score (nSPS) is 14.8. The molecule has 0 fully saturated rings. The summed E-state index contributed by atoms with van der Waals surface area (Å²) in [5.74, 6) is -0.468. The van der Waals surface area contributed by atoms with Crippen molar-refractivity contribution in [2.75, 3.05) is 0 Å². The molecule has 3 aromatic carbocycles. The number of hydrogen-bond acceptors (Lipinski definition) is 5. The Morgan fingerprint density at radius 3 is 1.39 bits per heavy atom. The fourth-order valence-electron chi connectivity index (χ4n) is 5.12. The van der Waals surface area contributed by atoms with Gasteiger partial charge in [0.15, 0.2) is 0 Å². The second-order valence-corrected chi connectivity index (χ2v) is 18.2. The van der Waals surface area contributed by atoms with Crippen LogP contribution in [0, 0.1) is 0 Å². The Kier molecular flexibility index (Phi) is 9.61. The minimum absolute atomic E-state index is 0.108. The molecule has 4 N–H and O–H groups in total. The first-order valence-electron chi connectivity index (χ1n) is 14.6. The molecule has 3 aromatic rings. The van der Waals surface area contributed by atoms with Gasteiger partial charge < -0.3 is 19.4 Å². The molecule has 242 valence electrons. The molecule has 0 aliphatic heterocycles. The molecule has 0 aromatic heterocycles. The molecular formula is C34H48O8P2.